The van der Waals surface area contributed by atoms with Gasteiger partial charge in [0.15, 0.2) is 0 Å². The molecule has 0 saturated heterocycles. The number of aromatic nitrogens is 2. The fraction of sp³-hybridized carbons (Fsp3) is 0.133. The van der Waals surface area contributed by atoms with Crippen molar-refractivity contribution in [1.29, 1.82) is 0 Å². The third kappa shape index (κ3) is 2.18. The number of hydrogen-bond acceptors (Lipinski definition) is 2. The molecule has 1 aromatic carbocycles. The summed E-state index contributed by atoms with van der Waals surface area (Å²) >= 11 is 12.1. The van der Waals surface area contributed by atoms with Crippen LogP contribution < -0.4 is 0 Å². The number of aliphatic hydroxyl groups excluding tert-OH is 1. The molecule has 0 aliphatic rings. The van der Waals surface area contributed by atoms with E-state index in [-0.39, 0.29) is 6.61 Å². The molecule has 5 heteroatoms. The minimum absolute atomic E-state index is 0.113. The van der Waals surface area contributed by atoms with E-state index < -0.39 is 0 Å². The molecule has 0 fully saturated rings. The summed E-state index contributed by atoms with van der Waals surface area (Å²) in [5.41, 5.74) is 4.11. The van der Waals surface area contributed by atoms with E-state index in [1.807, 2.05) is 35.6 Å². The first kappa shape index (κ1) is 13.4. The molecule has 3 rings (SSSR count). The van der Waals surface area contributed by atoms with Crippen molar-refractivity contribution in [3.8, 4) is 11.3 Å². The van der Waals surface area contributed by atoms with Gasteiger partial charge in [0, 0.05) is 16.8 Å². The van der Waals surface area contributed by atoms with E-state index in [1.54, 1.807) is 12.3 Å². The summed E-state index contributed by atoms with van der Waals surface area (Å²) in [6, 6.07) is 9.31. The lowest BCUT2D eigenvalue weighted by Gasteiger charge is -2.04. The molecule has 0 bridgehead atoms. The summed E-state index contributed by atoms with van der Waals surface area (Å²) in [4.78, 5) is 4.57. The number of aryl methyl sites for hydroxylation is 1. The second-order valence-electron chi connectivity index (χ2n) is 4.60. The highest BCUT2D eigenvalue weighted by Gasteiger charge is 2.14. The maximum Gasteiger partial charge on any atom is 0.137 e. The van der Waals surface area contributed by atoms with Crippen LogP contribution in [-0.2, 0) is 6.61 Å². The largest absolute Gasteiger partial charge is 0.390 e. The standard InChI is InChI=1S/C15H12Cl2N2O/c1-9-6-10(2-4-12(9)17)15-13(8-20)19-7-11(16)3-5-14(19)18-15/h2-7,20H,8H2,1H3. The Bertz CT molecular complexity index is 796. The van der Waals surface area contributed by atoms with Gasteiger partial charge in [0.2, 0.25) is 0 Å². The normalized spacial score (nSPS) is 11.2. The van der Waals surface area contributed by atoms with Gasteiger partial charge in [0.1, 0.15) is 5.65 Å². The number of rotatable bonds is 2. The van der Waals surface area contributed by atoms with Gasteiger partial charge in [-0.2, -0.15) is 0 Å². The van der Waals surface area contributed by atoms with Crippen LogP contribution >= 0.6 is 23.2 Å². The Hall–Kier alpha value is -1.55. The average Bonchev–Trinajstić information content (AvgIpc) is 2.79. The van der Waals surface area contributed by atoms with Crippen LogP contribution in [-0.4, -0.2) is 14.5 Å². The van der Waals surface area contributed by atoms with Crippen LogP contribution in [0.15, 0.2) is 36.5 Å². The third-order valence-electron chi connectivity index (χ3n) is 3.26. The Balaban J connectivity index is 2.27. The first-order chi connectivity index (χ1) is 9.60. The predicted molar refractivity (Wildman–Crippen MR) is 81.3 cm³/mol. The highest BCUT2D eigenvalue weighted by molar-refractivity contribution is 6.31. The lowest BCUT2D eigenvalue weighted by molar-refractivity contribution is 0.276. The monoisotopic (exact) mass is 306 g/mol. The molecule has 0 aliphatic heterocycles. The minimum atomic E-state index is -0.113. The molecule has 0 amide bonds. The van der Waals surface area contributed by atoms with E-state index in [1.165, 1.54) is 0 Å². The van der Waals surface area contributed by atoms with Crippen molar-refractivity contribution in [2.45, 2.75) is 13.5 Å². The van der Waals surface area contributed by atoms with Crippen molar-refractivity contribution >= 4 is 28.8 Å². The highest BCUT2D eigenvalue weighted by Crippen LogP contribution is 2.28. The molecule has 0 radical (unpaired) electrons. The first-order valence-corrected chi connectivity index (χ1v) is 6.89. The summed E-state index contributed by atoms with van der Waals surface area (Å²) < 4.78 is 1.81. The second kappa shape index (κ2) is 5.09. The van der Waals surface area contributed by atoms with Gasteiger partial charge in [-0.05, 0) is 36.8 Å². The van der Waals surface area contributed by atoms with Crippen molar-refractivity contribution in [3.05, 3.63) is 57.8 Å². The number of aliphatic hydroxyl groups is 1. The van der Waals surface area contributed by atoms with Gasteiger partial charge in [0.25, 0.3) is 0 Å². The predicted octanol–water partition coefficient (Wildman–Crippen LogP) is 4.11. The minimum Gasteiger partial charge on any atom is -0.390 e. The summed E-state index contributed by atoms with van der Waals surface area (Å²) in [7, 11) is 0. The maximum atomic E-state index is 9.65. The second-order valence-corrected chi connectivity index (χ2v) is 5.45. The van der Waals surface area contributed by atoms with Gasteiger partial charge < -0.3 is 5.11 Å². The van der Waals surface area contributed by atoms with Gasteiger partial charge in [-0.3, -0.25) is 4.40 Å². The van der Waals surface area contributed by atoms with E-state index >= 15 is 0 Å². The van der Waals surface area contributed by atoms with Crippen LogP contribution in [0.5, 0.6) is 0 Å². The molecular weight excluding hydrogens is 295 g/mol. The summed E-state index contributed by atoms with van der Waals surface area (Å²) in [6.45, 7) is 1.83. The average molecular weight is 307 g/mol. The van der Waals surface area contributed by atoms with Crippen LogP contribution in [0.2, 0.25) is 10.0 Å². The van der Waals surface area contributed by atoms with Crippen LogP contribution in [0.25, 0.3) is 16.9 Å². The molecule has 1 N–H and O–H groups in total. The van der Waals surface area contributed by atoms with Gasteiger partial charge >= 0.3 is 0 Å². The molecule has 0 spiro atoms. The zero-order valence-electron chi connectivity index (χ0n) is 10.8. The topological polar surface area (TPSA) is 37.5 Å². The Morgan fingerprint density at radius 1 is 1.20 bits per heavy atom. The van der Waals surface area contributed by atoms with Crippen LogP contribution in [0, 0.1) is 6.92 Å². The Labute approximate surface area is 126 Å². The van der Waals surface area contributed by atoms with Gasteiger partial charge in [-0.1, -0.05) is 29.3 Å². The lowest BCUT2D eigenvalue weighted by atomic mass is 10.1. The van der Waals surface area contributed by atoms with Gasteiger partial charge in [-0.15, -0.1) is 0 Å². The fourth-order valence-electron chi connectivity index (χ4n) is 2.24. The van der Waals surface area contributed by atoms with Gasteiger partial charge in [0.05, 0.1) is 23.0 Å². The maximum absolute atomic E-state index is 9.65. The smallest absolute Gasteiger partial charge is 0.137 e. The number of imidazole rings is 1. The van der Waals surface area contributed by atoms with E-state index in [0.29, 0.717) is 15.7 Å². The summed E-state index contributed by atoms with van der Waals surface area (Å²) in [5.74, 6) is 0. The number of nitrogens with zero attached hydrogens (tertiary/aromatic N) is 2. The molecule has 3 aromatic rings. The summed E-state index contributed by atoms with van der Waals surface area (Å²) in [5, 5.41) is 11.0. The first-order valence-electron chi connectivity index (χ1n) is 6.14. The molecule has 102 valence electrons. The molecule has 0 unspecified atom stereocenters. The van der Waals surface area contributed by atoms with Crippen LogP contribution in [0.1, 0.15) is 11.3 Å². The van der Waals surface area contributed by atoms with E-state index in [0.717, 1.165) is 22.5 Å². The van der Waals surface area contributed by atoms with Crippen LogP contribution in [0.3, 0.4) is 0 Å². The molecule has 0 saturated carbocycles. The lowest BCUT2D eigenvalue weighted by Crippen LogP contribution is -1.94. The molecule has 2 heterocycles. The number of fused-ring (bicyclic) bond motifs is 1. The SMILES string of the molecule is Cc1cc(-c2nc3ccc(Cl)cn3c2CO)ccc1Cl. The Kier molecular flexibility index (Phi) is 3.42. The molecule has 0 atom stereocenters. The number of hydrogen-bond donors (Lipinski definition) is 1. The number of halogens is 2. The number of benzene rings is 1. The van der Waals surface area contributed by atoms with Crippen molar-refractivity contribution in [2.75, 3.05) is 0 Å². The quantitative estimate of drug-likeness (QED) is 0.773. The Morgan fingerprint density at radius 3 is 2.70 bits per heavy atom. The molecule has 0 aliphatic carbocycles. The van der Waals surface area contributed by atoms with E-state index in [2.05, 4.69) is 4.98 Å². The van der Waals surface area contributed by atoms with Crippen molar-refractivity contribution in [1.82, 2.24) is 9.38 Å². The van der Waals surface area contributed by atoms with Crippen molar-refractivity contribution < 1.29 is 5.11 Å². The van der Waals surface area contributed by atoms with Crippen LogP contribution in [0.4, 0.5) is 0 Å². The van der Waals surface area contributed by atoms with Crippen molar-refractivity contribution in [2.24, 2.45) is 0 Å². The Morgan fingerprint density at radius 2 is 2.00 bits per heavy atom. The highest BCUT2D eigenvalue weighted by atomic mass is 35.5. The molecule has 20 heavy (non-hydrogen) atoms. The fourth-order valence-corrected chi connectivity index (χ4v) is 2.52. The van der Waals surface area contributed by atoms with Gasteiger partial charge in [-0.25, -0.2) is 4.98 Å². The van der Waals surface area contributed by atoms with E-state index in [4.69, 9.17) is 23.2 Å². The molecular formula is C15H12Cl2N2O. The summed E-state index contributed by atoms with van der Waals surface area (Å²) in [6.07, 6.45) is 1.75. The van der Waals surface area contributed by atoms with E-state index in [9.17, 15) is 5.11 Å². The molecule has 3 nitrogen and oxygen atoms in total. The third-order valence-corrected chi connectivity index (χ3v) is 3.91. The number of pyridine rings is 1. The zero-order valence-corrected chi connectivity index (χ0v) is 12.3. The molecule has 2 aromatic heterocycles. The zero-order chi connectivity index (χ0) is 14.3. The van der Waals surface area contributed by atoms with Crippen molar-refractivity contribution in [3.63, 3.8) is 0 Å².